The van der Waals surface area contributed by atoms with Crippen molar-refractivity contribution in [1.29, 1.82) is 0 Å². The fraction of sp³-hybridized carbons (Fsp3) is 0.444. The van der Waals surface area contributed by atoms with Gasteiger partial charge in [0.05, 0.1) is 23.1 Å². The largest absolute Gasteiger partial charge is 0.332 e. The minimum atomic E-state index is -3.17. The number of sulfone groups is 1. The number of aromatic nitrogens is 1. The summed E-state index contributed by atoms with van der Waals surface area (Å²) in [6.45, 7) is 2.99. The number of H-pyrrole nitrogens is 1. The van der Waals surface area contributed by atoms with Gasteiger partial charge in [-0.25, -0.2) is 8.42 Å². The molecule has 0 radical (unpaired) electrons. The normalized spacial score (nSPS) is 25.4. The third kappa shape index (κ3) is 2.83. The minimum absolute atomic E-state index is 0.0199. The molecule has 2 saturated heterocycles. The summed E-state index contributed by atoms with van der Waals surface area (Å²) in [4.78, 5) is 31.7. The van der Waals surface area contributed by atoms with Crippen LogP contribution in [0.3, 0.4) is 0 Å². The number of carbonyl (C=O) groups is 1. The van der Waals surface area contributed by atoms with E-state index in [1.807, 2.05) is 31.0 Å². The van der Waals surface area contributed by atoms with Crippen molar-refractivity contribution in [1.82, 2.24) is 14.8 Å². The molecule has 2 atom stereocenters. The van der Waals surface area contributed by atoms with Crippen molar-refractivity contribution < 1.29 is 13.2 Å². The molecule has 4 rings (SSSR count). The molecule has 1 aromatic carbocycles. The number of hydrogen-bond acceptors (Lipinski definition) is 5. The quantitative estimate of drug-likeness (QED) is 0.779. The van der Waals surface area contributed by atoms with Gasteiger partial charge < -0.3 is 9.88 Å². The molecule has 1 N–H and O–H groups in total. The third-order valence-electron chi connectivity index (χ3n) is 5.44. The second kappa shape index (κ2) is 5.92. The van der Waals surface area contributed by atoms with Gasteiger partial charge in [0.2, 0.25) is 5.56 Å². The van der Waals surface area contributed by atoms with Gasteiger partial charge >= 0.3 is 0 Å². The first-order valence-corrected chi connectivity index (χ1v) is 10.4. The van der Waals surface area contributed by atoms with Gasteiger partial charge in [0.1, 0.15) is 0 Å². The Morgan fingerprint density at radius 1 is 1.15 bits per heavy atom. The van der Waals surface area contributed by atoms with Crippen molar-refractivity contribution >= 4 is 26.6 Å². The summed E-state index contributed by atoms with van der Waals surface area (Å²) in [6.07, 6.45) is 0. The maximum Gasteiger partial charge on any atom is 0.255 e. The lowest BCUT2D eigenvalue weighted by molar-refractivity contribution is 0.0411. The Balaban J connectivity index is 1.80. The Morgan fingerprint density at radius 3 is 2.65 bits per heavy atom. The maximum atomic E-state index is 13.3. The number of carbonyl (C=O) groups excluding carboxylic acids is 1. The smallest absolute Gasteiger partial charge is 0.255 e. The molecular formula is C18H21N3O4S. The highest BCUT2D eigenvalue weighted by Crippen LogP contribution is 2.28. The fourth-order valence-corrected chi connectivity index (χ4v) is 6.13. The molecule has 0 spiro atoms. The van der Waals surface area contributed by atoms with Crippen molar-refractivity contribution in [2.75, 3.05) is 31.6 Å². The van der Waals surface area contributed by atoms with Crippen LogP contribution in [0.15, 0.2) is 29.1 Å². The lowest BCUT2D eigenvalue weighted by Crippen LogP contribution is -2.59. The van der Waals surface area contributed by atoms with E-state index in [0.29, 0.717) is 29.6 Å². The van der Waals surface area contributed by atoms with E-state index in [1.54, 1.807) is 11.0 Å². The maximum absolute atomic E-state index is 13.3. The number of nitrogens with one attached hydrogen (secondary N) is 1. The molecule has 2 aliphatic rings. The highest BCUT2D eigenvalue weighted by molar-refractivity contribution is 7.91. The second-order valence-corrected chi connectivity index (χ2v) is 9.44. The molecule has 138 valence electrons. The molecule has 7 nitrogen and oxygen atoms in total. The first kappa shape index (κ1) is 17.2. The Bertz CT molecular complexity index is 1060. The molecule has 1 amide bonds. The summed E-state index contributed by atoms with van der Waals surface area (Å²) in [5.74, 6) is -0.215. The number of fused-ring (bicyclic) bond motifs is 2. The van der Waals surface area contributed by atoms with Crippen LogP contribution in [0.25, 0.3) is 10.9 Å². The Labute approximate surface area is 151 Å². The molecule has 0 bridgehead atoms. The number of pyridine rings is 1. The molecule has 2 aliphatic heterocycles. The monoisotopic (exact) mass is 375 g/mol. The molecule has 0 aliphatic carbocycles. The van der Waals surface area contributed by atoms with Gasteiger partial charge in [-0.15, -0.1) is 0 Å². The number of hydrogen-bond donors (Lipinski definition) is 1. The summed E-state index contributed by atoms with van der Waals surface area (Å²) in [7, 11) is -1.28. The van der Waals surface area contributed by atoms with Crippen LogP contribution in [0.2, 0.25) is 0 Å². The molecule has 26 heavy (non-hydrogen) atoms. The Morgan fingerprint density at radius 2 is 1.88 bits per heavy atom. The Kier molecular flexibility index (Phi) is 3.92. The van der Waals surface area contributed by atoms with Gasteiger partial charge in [-0.05, 0) is 26.1 Å². The average Bonchev–Trinajstić information content (AvgIpc) is 2.90. The molecular weight excluding hydrogens is 354 g/mol. The zero-order valence-electron chi connectivity index (χ0n) is 14.7. The van der Waals surface area contributed by atoms with Crippen LogP contribution in [0.5, 0.6) is 0 Å². The summed E-state index contributed by atoms with van der Waals surface area (Å²) < 4.78 is 24.3. The van der Waals surface area contributed by atoms with Gasteiger partial charge in [-0.3, -0.25) is 14.5 Å². The van der Waals surface area contributed by atoms with E-state index >= 15 is 0 Å². The summed E-state index contributed by atoms with van der Waals surface area (Å²) >= 11 is 0. The lowest BCUT2D eigenvalue weighted by Gasteiger charge is -2.42. The van der Waals surface area contributed by atoms with Crippen LogP contribution >= 0.6 is 0 Å². The van der Waals surface area contributed by atoms with E-state index in [0.717, 1.165) is 5.56 Å². The molecule has 3 heterocycles. The number of aryl methyl sites for hydroxylation is 1. The molecule has 0 unspecified atom stereocenters. The highest BCUT2D eigenvalue weighted by Gasteiger charge is 2.47. The summed E-state index contributed by atoms with van der Waals surface area (Å²) in [5.41, 5.74) is 1.59. The standard InChI is InChI=1S/C18H21N3O4S/c1-11-3-4-14-12(7-11)13(8-17(22)19-14)18(23)21-6-5-20(2)15-9-26(24,25)10-16(15)21/h3-4,7-8,15-16H,5-6,9-10H2,1-2H3,(H,19,22)/t15-,16+/m0/s1. The van der Waals surface area contributed by atoms with Crippen molar-refractivity contribution in [3.63, 3.8) is 0 Å². The number of piperazine rings is 1. The van der Waals surface area contributed by atoms with Gasteiger partial charge in [-0.2, -0.15) is 0 Å². The van der Waals surface area contributed by atoms with Crippen LogP contribution in [0.4, 0.5) is 0 Å². The number of rotatable bonds is 1. The molecule has 2 fully saturated rings. The van der Waals surface area contributed by atoms with E-state index in [1.165, 1.54) is 6.07 Å². The first-order valence-electron chi connectivity index (χ1n) is 8.60. The lowest BCUT2D eigenvalue weighted by atomic mass is 10.0. The number of nitrogens with zero attached hydrogens (tertiary/aromatic N) is 2. The van der Waals surface area contributed by atoms with Crippen LogP contribution in [0, 0.1) is 6.92 Å². The van der Waals surface area contributed by atoms with Crippen molar-refractivity contribution in [2.45, 2.75) is 19.0 Å². The fourth-order valence-electron chi connectivity index (χ4n) is 4.08. The third-order valence-corrected chi connectivity index (χ3v) is 7.14. The van der Waals surface area contributed by atoms with Crippen LogP contribution < -0.4 is 5.56 Å². The molecule has 1 aromatic heterocycles. The Hall–Kier alpha value is -2.19. The van der Waals surface area contributed by atoms with Gasteiger partial charge in [0.15, 0.2) is 9.84 Å². The first-order chi connectivity index (χ1) is 12.2. The zero-order valence-corrected chi connectivity index (χ0v) is 15.5. The zero-order chi connectivity index (χ0) is 18.6. The predicted octanol–water partition coefficient (Wildman–Crippen LogP) is 0.390. The van der Waals surface area contributed by atoms with Crippen LogP contribution in [-0.2, 0) is 9.84 Å². The number of aromatic amines is 1. The second-order valence-electron chi connectivity index (χ2n) is 7.29. The van der Waals surface area contributed by atoms with Crippen molar-refractivity contribution in [3.8, 4) is 0 Å². The molecule has 2 aromatic rings. The van der Waals surface area contributed by atoms with E-state index in [4.69, 9.17) is 0 Å². The van der Waals surface area contributed by atoms with E-state index in [-0.39, 0.29) is 35.1 Å². The van der Waals surface area contributed by atoms with E-state index in [2.05, 4.69) is 4.98 Å². The van der Waals surface area contributed by atoms with Gasteiger partial charge in [0.25, 0.3) is 5.91 Å². The minimum Gasteiger partial charge on any atom is -0.332 e. The SMILES string of the molecule is Cc1ccc2[nH]c(=O)cc(C(=O)N3CCN(C)[C@H]4CS(=O)(=O)C[C@H]43)c2c1. The summed E-state index contributed by atoms with van der Waals surface area (Å²) in [5, 5.41) is 0.686. The van der Waals surface area contributed by atoms with Gasteiger partial charge in [-0.1, -0.05) is 11.6 Å². The predicted molar refractivity (Wildman–Crippen MR) is 99.2 cm³/mol. The summed E-state index contributed by atoms with van der Waals surface area (Å²) in [6, 6.07) is 6.30. The van der Waals surface area contributed by atoms with E-state index in [9.17, 15) is 18.0 Å². The van der Waals surface area contributed by atoms with Crippen LogP contribution in [0.1, 0.15) is 15.9 Å². The average molecular weight is 375 g/mol. The number of likely N-dealkylation sites (N-methyl/N-ethyl adjacent to an activating group) is 1. The number of benzene rings is 1. The van der Waals surface area contributed by atoms with Crippen molar-refractivity contribution in [2.24, 2.45) is 0 Å². The van der Waals surface area contributed by atoms with Crippen molar-refractivity contribution in [3.05, 3.63) is 45.7 Å². The van der Waals surface area contributed by atoms with Crippen LogP contribution in [-0.4, -0.2) is 72.8 Å². The topological polar surface area (TPSA) is 90.6 Å². The molecule has 8 heteroatoms. The highest BCUT2D eigenvalue weighted by atomic mass is 32.2. The molecule has 0 saturated carbocycles. The number of amides is 1. The van der Waals surface area contributed by atoms with E-state index < -0.39 is 9.84 Å². The van der Waals surface area contributed by atoms with Gasteiger partial charge in [0, 0.05) is 36.1 Å².